The zero-order valence-electron chi connectivity index (χ0n) is 9.72. The number of hydrogen-bond acceptors (Lipinski definition) is 3. The third-order valence-corrected chi connectivity index (χ3v) is 1.88. The van der Waals surface area contributed by atoms with Crippen molar-refractivity contribution in [1.29, 1.82) is 0 Å². The van der Waals surface area contributed by atoms with Gasteiger partial charge in [-0.05, 0) is 25.8 Å². The molecule has 0 fully saturated rings. The van der Waals surface area contributed by atoms with Gasteiger partial charge in [-0.25, -0.2) is 4.79 Å². The van der Waals surface area contributed by atoms with Gasteiger partial charge in [0.25, 0.3) is 0 Å². The number of nitrogens with zero attached hydrogens (tertiary/aromatic N) is 1. The van der Waals surface area contributed by atoms with E-state index in [1.807, 2.05) is 0 Å². The van der Waals surface area contributed by atoms with Crippen LogP contribution in [0.5, 0.6) is 0 Å². The number of rotatable bonds is 7. The number of aliphatic carboxylic acids is 1. The van der Waals surface area contributed by atoms with Gasteiger partial charge in [-0.15, -0.1) is 0 Å². The lowest BCUT2D eigenvalue weighted by Crippen LogP contribution is -2.40. The van der Waals surface area contributed by atoms with Crippen LogP contribution in [-0.2, 0) is 9.59 Å². The minimum atomic E-state index is -1.08. The summed E-state index contributed by atoms with van der Waals surface area (Å²) in [7, 11) is 0. The highest BCUT2D eigenvalue weighted by Gasteiger charge is 2.17. The molecule has 7 heteroatoms. The lowest BCUT2D eigenvalue weighted by molar-refractivity contribution is -0.141. The van der Waals surface area contributed by atoms with Crippen LogP contribution in [0.15, 0.2) is 17.1 Å². The van der Waals surface area contributed by atoms with Gasteiger partial charge in [0.15, 0.2) is 5.96 Å². The number of hydrogen-bond donors (Lipinski definition) is 4. The molecule has 0 saturated heterocycles. The molecule has 6 N–H and O–H groups in total. The number of guanidine groups is 1. The minimum absolute atomic E-state index is 0.0326. The Morgan fingerprint density at radius 2 is 2.12 bits per heavy atom. The van der Waals surface area contributed by atoms with Crippen molar-refractivity contribution in [3.63, 3.8) is 0 Å². The molecule has 0 bridgehead atoms. The average molecular weight is 242 g/mol. The molecule has 0 aliphatic heterocycles. The van der Waals surface area contributed by atoms with E-state index in [2.05, 4.69) is 10.3 Å². The largest absolute Gasteiger partial charge is 0.480 e. The molecule has 1 amide bonds. The van der Waals surface area contributed by atoms with Crippen molar-refractivity contribution in [2.75, 3.05) is 6.54 Å². The van der Waals surface area contributed by atoms with Gasteiger partial charge in [-0.2, -0.15) is 0 Å². The lowest BCUT2D eigenvalue weighted by Gasteiger charge is -2.12. The fourth-order valence-electron chi connectivity index (χ4n) is 1.13. The van der Waals surface area contributed by atoms with Gasteiger partial charge < -0.3 is 21.9 Å². The Hall–Kier alpha value is -2.05. The second-order valence-corrected chi connectivity index (χ2v) is 3.35. The van der Waals surface area contributed by atoms with Crippen LogP contribution in [0.1, 0.15) is 19.8 Å². The second-order valence-electron chi connectivity index (χ2n) is 3.35. The molecule has 0 spiro atoms. The fraction of sp³-hybridized carbons (Fsp3) is 0.500. The number of carbonyl (C=O) groups excluding carboxylic acids is 1. The number of amides is 1. The van der Waals surface area contributed by atoms with Crippen LogP contribution < -0.4 is 16.8 Å². The zero-order valence-corrected chi connectivity index (χ0v) is 9.72. The first-order chi connectivity index (χ1) is 7.97. The van der Waals surface area contributed by atoms with Crippen molar-refractivity contribution in [3.05, 3.63) is 12.2 Å². The van der Waals surface area contributed by atoms with Crippen LogP contribution in [0.25, 0.3) is 0 Å². The molecular weight excluding hydrogens is 224 g/mol. The van der Waals surface area contributed by atoms with E-state index in [0.717, 1.165) is 0 Å². The van der Waals surface area contributed by atoms with Crippen LogP contribution in [0.3, 0.4) is 0 Å². The van der Waals surface area contributed by atoms with Crippen molar-refractivity contribution in [3.8, 4) is 0 Å². The van der Waals surface area contributed by atoms with Crippen LogP contribution >= 0.6 is 0 Å². The molecule has 1 unspecified atom stereocenters. The molecule has 0 radical (unpaired) electrons. The number of carbonyl (C=O) groups is 2. The first-order valence-electron chi connectivity index (χ1n) is 5.18. The number of nitrogens with two attached hydrogens (primary N) is 2. The maximum Gasteiger partial charge on any atom is 0.326 e. The second kappa shape index (κ2) is 8.14. The third-order valence-electron chi connectivity index (χ3n) is 1.88. The molecule has 96 valence electrons. The predicted molar refractivity (Wildman–Crippen MR) is 64.3 cm³/mol. The minimum Gasteiger partial charge on any atom is -0.480 e. The monoisotopic (exact) mass is 242 g/mol. The Morgan fingerprint density at radius 1 is 1.47 bits per heavy atom. The van der Waals surface area contributed by atoms with Gasteiger partial charge in [-0.1, -0.05) is 6.08 Å². The SMILES string of the molecule is C/C=C/C(=O)NC(CCCN=C(N)N)C(=O)O. The molecular formula is C10H18N4O3. The third kappa shape index (κ3) is 7.83. The summed E-state index contributed by atoms with van der Waals surface area (Å²) < 4.78 is 0. The highest BCUT2D eigenvalue weighted by atomic mass is 16.4. The fourth-order valence-corrected chi connectivity index (χ4v) is 1.13. The molecule has 0 aliphatic rings. The topological polar surface area (TPSA) is 131 Å². The van der Waals surface area contributed by atoms with E-state index >= 15 is 0 Å². The van der Waals surface area contributed by atoms with Crippen molar-refractivity contribution in [1.82, 2.24) is 5.32 Å². The molecule has 0 rings (SSSR count). The van der Waals surface area contributed by atoms with Crippen LogP contribution in [0.2, 0.25) is 0 Å². The maximum absolute atomic E-state index is 11.2. The van der Waals surface area contributed by atoms with E-state index in [1.165, 1.54) is 12.2 Å². The van der Waals surface area contributed by atoms with E-state index in [-0.39, 0.29) is 12.4 Å². The quantitative estimate of drug-likeness (QED) is 0.200. The first kappa shape index (κ1) is 14.9. The summed E-state index contributed by atoms with van der Waals surface area (Å²) in [5.41, 5.74) is 10.2. The number of nitrogens with one attached hydrogen (secondary N) is 1. The van der Waals surface area contributed by atoms with Crippen molar-refractivity contribution in [2.45, 2.75) is 25.8 Å². The Bertz CT molecular complexity index is 322. The van der Waals surface area contributed by atoms with Gasteiger partial charge in [0.05, 0.1) is 0 Å². The molecule has 17 heavy (non-hydrogen) atoms. The first-order valence-corrected chi connectivity index (χ1v) is 5.18. The predicted octanol–water partition coefficient (Wildman–Crippen LogP) is -0.814. The molecule has 0 aromatic heterocycles. The number of carboxylic acids is 1. The summed E-state index contributed by atoms with van der Waals surface area (Å²) in [6.45, 7) is 2.01. The summed E-state index contributed by atoms with van der Waals surface area (Å²) in [6.07, 6.45) is 3.56. The Morgan fingerprint density at radius 3 is 2.59 bits per heavy atom. The Balaban J connectivity index is 4.12. The van der Waals surface area contributed by atoms with Crippen LogP contribution in [-0.4, -0.2) is 35.5 Å². The van der Waals surface area contributed by atoms with Gasteiger partial charge >= 0.3 is 5.97 Å². The Labute approximate surface area is 99.6 Å². The van der Waals surface area contributed by atoms with E-state index in [1.54, 1.807) is 6.92 Å². The zero-order chi connectivity index (χ0) is 13.3. The van der Waals surface area contributed by atoms with Crippen molar-refractivity contribution < 1.29 is 14.7 Å². The summed E-state index contributed by atoms with van der Waals surface area (Å²) in [5, 5.41) is 11.2. The summed E-state index contributed by atoms with van der Waals surface area (Å²) in [6, 6.07) is -0.923. The average Bonchev–Trinajstić information content (AvgIpc) is 2.22. The number of carboxylic acid groups (broad SMARTS) is 1. The molecule has 7 nitrogen and oxygen atoms in total. The highest BCUT2D eigenvalue weighted by molar-refractivity contribution is 5.90. The Kier molecular flexibility index (Phi) is 7.16. The summed E-state index contributed by atoms with van der Waals surface area (Å²) in [5.74, 6) is -1.54. The molecule has 0 aromatic carbocycles. The number of allylic oxidation sites excluding steroid dienone is 1. The smallest absolute Gasteiger partial charge is 0.326 e. The lowest BCUT2D eigenvalue weighted by atomic mass is 10.1. The summed E-state index contributed by atoms with van der Waals surface area (Å²) in [4.78, 5) is 25.7. The van der Waals surface area contributed by atoms with Crippen molar-refractivity contribution in [2.24, 2.45) is 16.5 Å². The van der Waals surface area contributed by atoms with E-state index < -0.39 is 17.9 Å². The summed E-state index contributed by atoms with van der Waals surface area (Å²) >= 11 is 0. The number of aliphatic imine (C=N–C) groups is 1. The normalized spacial score (nSPS) is 12.1. The van der Waals surface area contributed by atoms with E-state index in [4.69, 9.17) is 16.6 Å². The van der Waals surface area contributed by atoms with Crippen LogP contribution in [0, 0.1) is 0 Å². The van der Waals surface area contributed by atoms with Crippen LogP contribution in [0.4, 0.5) is 0 Å². The molecule has 0 aliphatic carbocycles. The maximum atomic E-state index is 11.2. The molecule has 0 heterocycles. The molecule has 0 aromatic rings. The van der Waals surface area contributed by atoms with E-state index in [0.29, 0.717) is 13.0 Å². The van der Waals surface area contributed by atoms with Crippen molar-refractivity contribution >= 4 is 17.8 Å². The molecule has 0 saturated carbocycles. The van der Waals surface area contributed by atoms with Gasteiger partial charge in [0, 0.05) is 6.54 Å². The standard InChI is InChI=1S/C10H18N4O3/c1-2-4-8(15)14-7(9(16)17)5-3-6-13-10(11)12/h2,4,7H,3,5-6H2,1H3,(H,14,15)(H,16,17)(H4,11,12,13)/b4-2+. The highest BCUT2D eigenvalue weighted by Crippen LogP contribution is 1.98. The van der Waals surface area contributed by atoms with Gasteiger partial charge in [0.1, 0.15) is 6.04 Å². The van der Waals surface area contributed by atoms with E-state index in [9.17, 15) is 9.59 Å². The van der Waals surface area contributed by atoms with Gasteiger partial charge in [0.2, 0.25) is 5.91 Å². The van der Waals surface area contributed by atoms with Gasteiger partial charge in [-0.3, -0.25) is 9.79 Å². The molecule has 1 atom stereocenters.